The molecule has 0 bridgehead atoms. The van der Waals surface area contributed by atoms with Crippen molar-refractivity contribution in [2.75, 3.05) is 14.2 Å². The zero-order valence-electron chi connectivity index (χ0n) is 17.9. The average Bonchev–Trinajstić information content (AvgIpc) is 2.75. The van der Waals surface area contributed by atoms with Crippen LogP contribution in [-0.4, -0.2) is 42.3 Å². The van der Waals surface area contributed by atoms with E-state index in [2.05, 4.69) is 9.98 Å². The van der Waals surface area contributed by atoms with Gasteiger partial charge in [-0.05, 0) is 61.4 Å². The predicted octanol–water partition coefficient (Wildman–Crippen LogP) is 4.41. The van der Waals surface area contributed by atoms with Crippen molar-refractivity contribution in [2.45, 2.75) is 13.8 Å². The molecule has 0 saturated heterocycles. The third kappa shape index (κ3) is 5.21. The Bertz CT molecular complexity index is 1030. The number of hydrogen-bond donors (Lipinski definition) is 2. The average molecular weight is 422 g/mol. The first-order chi connectivity index (χ1) is 14.4. The fraction of sp³-hybridized carbons (Fsp3) is 0.167. The highest BCUT2D eigenvalue weighted by molar-refractivity contribution is 5.90. The molecule has 0 saturated carbocycles. The van der Waals surface area contributed by atoms with Crippen molar-refractivity contribution < 1.29 is 25.2 Å². The van der Waals surface area contributed by atoms with E-state index in [1.165, 1.54) is 14.2 Å². The Balaban J connectivity index is 0.00000341. The van der Waals surface area contributed by atoms with Crippen molar-refractivity contribution in [1.29, 1.82) is 0 Å². The molecule has 3 aromatic rings. The van der Waals surface area contributed by atoms with Crippen LogP contribution in [0.25, 0.3) is 0 Å². The summed E-state index contributed by atoms with van der Waals surface area (Å²) in [5.74, 6) is 0.814. The van der Waals surface area contributed by atoms with Gasteiger partial charge in [-0.1, -0.05) is 12.1 Å². The molecule has 0 aliphatic rings. The Kier molecular flexibility index (Phi) is 7.76. The Hall–Kier alpha value is -3.84. The van der Waals surface area contributed by atoms with E-state index in [0.29, 0.717) is 34.0 Å². The number of para-hydroxylation sites is 2. The molecule has 0 amide bonds. The Morgan fingerprint density at radius 1 is 0.710 bits per heavy atom. The molecule has 0 fully saturated rings. The standard InChI is InChI=1S/C24H24N2O4.H2O/c1-15-11-19(25-13-17-7-5-9-21(29-3)23(17)27)20(12-16(15)2)26-14-18-8-6-10-22(30-4)24(18)28;/h5-14,27-28H,1-4H3;1H2. The highest BCUT2D eigenvalue weighted by Crippen LogP contribution is 2.34. The van der Waals surface area contributed by atoms with E-state index in [1.54, 1.807) is 48.8 Å². The Morgan fingerprint density at radius 3 is 1.45 bits per heavy atom. The molecule has 7 heteroatoms. The third-order valence-electron chi connectivity index (χ3n) is 4.78. The second-order valence-corrected chi connectivity index (χ2v) is 6.74. The molecule has 0 heterocycles. The van der Waals surface area contributed by atoms with Crippen molar-refractivity contribution in [3.8, 4) is 23.0 Å². The first-order valence-corrected chi connectivity index (χ1v) is 9.36. The van der Waals surface area contributed by atoms with E-state index >= 15 is 0 Å². The van der Waals surface area contributed by atoms with E-state index in [0.717, 1.165) is 11.1 Å². The van der Waals surface area contributed by atoms with Crippen LogP contribution in [0.4, 0.5) is 11.4 Å². The summed E-state index contributed by atoms with van der Waals surface area (Å²) < 4.78 is 10.3. The molecule has 0 spiro atoms. The van der Waals surface area contributed by atoms with Crippen LogP contribution in [0.2, 0.25) is 0 Å². The molecule has 3 rings (SSSR count). The smallest absolute Gasteiger partial charge is 0.166 e. The number of hydrogen-bond acceptors (Lipinski definition) is 6. The summed E-state index contributed by atoms with van der Waals surface area (Å²) in [6.07, 6.45) is 3.15. The maximum absolute atomic E-state index is 10.3. The predicted molar refractivity (Wildman–Crippen MR) is 123 cm³/mol. The maximum atomic E-state index is 10.3. The van der Waals surface area contributed by atoms with Crippen LogP contribution < -0.4 is 9.47 Å². The van der Waals surface area contributed by atoms with Gasteiger partial charge in [-0.2, -0.15) is 0 Å². The van der Waals surface area contributed by atoms with Gasteiger partial charge in [0.1, 0.15) is 0 Å². The van der Waals surface area contributed by atoms with E-state index in [1.807, 2.05) is 26.0 Å². The largest absolute Gasteiger partial charge is 0.504 e. The van der Waals surface area contributed by atoms with Gasteiger partial charge in [0.05, 0.1) is 25.6 Å². The third-order valence-corrected chi connectivity index (χ3v) is 4.78. The molecule has 0 unspecified atom stereocenters. The van der Waals surface area contributed by atoms with Crippen molar-refractivity contribution >= 4 is 23.8 Å². The molecule has 0 radical (unpaired) electrons. The number of nitrogens with zero attached hydrogens (tertiary/aromatic N) is 2. The van der Waals surface area contributed by atoms with Crippen LogP contribution in [-0.2, 0) is 0 Å². The molecular weight excluding hydrogens is 396 g/mol. The monoisotopic (exact) mass is 422 g/mol. The Labute approximate surface area is 181 Å². The summed E-state index contributed by atoms with van der Waals surface area (Å²) in [6, 6.07) is 14.3. The van der Waals surface area contributed by atoms with Gasteiger partial charge in [0.25, 0.3) is 0 Å². The molecule has 0 aromatic heterocycles. The minimum absolute atomic E-state index is 0. The van der Waals surface area contributed by atoms with Crippen molar-refractivity contribution in [3.05, 3.63) is 70.8 Å². The summed E-state index contributed by atoms with van der Waals surface area (Å²) >= 11 is 0. The minimum atomic E-state index is 0. The zero-order chi connectivity index (χ0) is 21.7. The molecule has 0 atom stereocenters. The van der Waals surface area contributed by atoms with E-state index in [4.69, 9.17) is 9.47 Å². The number of phenolic OH excluding ortho intramolecular Hbond substituents is 2. The quantitative estimate of drug-likeness (QED) is 0.573. The zero-order valence-corrected chi connectivity index (χ0v) is 17.9. The van der Waals surface area contributed by atoms with Gasteiger partial charge in [-0.25, -0.2) is 0 Å². The van der Waals surface area contributed by atoms with Gasteiger partial charge in [-0.3, -0.25) is 9.98 Å². The van der Waals surface area contributed by atoms with Gasteiger partial charge < -0.3 is 25.2 Å². The SMILES string of the molecule is COc1cccc(C=Nc2cc(C)c(C)cc2N=Cc2cccc(OC)c2O)c1O.O. The second-order valence-electron chi connectivity index (χ2n) is 6.74. The lowest BCUT2D eigenvalue weighted by Crippen LogP contribution is -1.89. The summed E-state index contributed by atoms with van der Waals surface area (Å²) in [7, 11) is 3.00. The lowest BCUT2D eigenvalue weighted by Gasteiger charge is -2.08. The summed E-state index contributed by atoms with van der Waals surface area (Å²) in [6.45, 7) is 4.00. The number of aromatic hydroxyl groups is 2. The molecule has 0 aliphatic heterocycles. The van der Waals surface area contributed by atoms with Crippen molar-refractivity contribution in [3.63, 3.8) is 0 Å². The van der Waals surface area contributed by atoms with E-state index in [-0.39, 0.29) is 17.0 Å². The van der Waals surface area contributed by atoms with Crippen molar-refractivity contribution in [1.82, 2.24) is 0 Å². The fourth-order valence-corrected chi connectivity index (χ4v) is 2.89. The van der Waals surface area contributed by atoms with Gasteiger partial charge in [0.2, 0.25) is 0 Å². The molecule has 4 N–H and O–H groups in total. The molecule has 3 aromatic carbocycles. The van der Waals surface area contributed by atoms with Crippen LogP contribution >= 0.6 is 0 Å². The molecule has 0 aliphatic carbocycles. The number of aliphatic imine (C=N–C) groups is 2. The van der Waals surface area contributed by atoms with Gasteiger partial charge in [-0.15, -0.1) is 0 Å². The number of phenols is 2. The molecular formula is C24H26N2O5. The van der Waals surface area contributed by atoms with E-state index in [9.17, 15) is 10.2 Å². The molecule has 31 heavy (non-hydrogen) atoms. The lowest BCUT2D eigenvalue weighted by molar-refractivity contribution is 0.373. The topological polar surface area (TPSA) is 115 Å². The first kappa shape index (κ1) is 23.4. The second kappa shape index (κ2) is 10.3. The highest BCUT2D eigenvalue weighted by Gasteiger charge is 2.08. The first-order valence-electron chi connectivity index (χ1n) is 9.36. The normalized spacial score (nSPS) is 11.0. The summed E-state index contributed by atoms with van der Waals surface area (Å²) in [4.78, 5) is 9.08. The lowest BCUT2D eigenvalue weighted by atomic mass is 10.1. The highest BCUT2D eigenvalue weighted by atomic mass is 16.5. The van der Waals surface area contributed by atoms with Crippen molar-refractivity contribution in [2.24, 2.45) is 9.98 Å². The van der Waals surface area contributed by atoms with Crippen LogP contribution in [0.15, 0.2) is 58.5 Å². The van der Waals surface area contributed by atoms with Gasteiger partial charge in [0, 0.05) is 23.6 Å². The fourth-order valence-electron chi connectivity index (χ4n) is 2.89. The minimum Gasteiger partial charge on any atom is -0.504 e. The van der Waals surface area contributed by atoms with Crippen LogP contribution in [0.3, 0.4) is 0 Å². The van der Waals surface area contributed by atoms with E-state index < -0.39 is 0 Å². The number of rotatable bonds is 6. The molecule has 162 valence electrons. The Morgan fingerprint density at radius 2 is 1.10 bits per heavy atom. The van der Waals surface area contributed by atoms with Crippen LogP contribution in [0.5, 0.6) is 23.0 Å². The van der Waals surface area contributed by atoms with Gasteiger partial charge >= 0.3 is 0 Å². The number of aryl methyl sites for hydroxylation is 2. The summed E-state index contributed by atoms with van der Waals surface area (Å²) in [5, 5.41) is 20.6. The van der Waals surface area contributed by atoms with Gasteiger partial charge in [0.15, 0.2) is 23.0 Å². The van der Waals surface area contributed by atoms with Crippen LogP contribution in [0.1, 0.15) is 22.3 Å². The maximum Gasteiger partial charge on any atom is 0.166 e. The molecule has 7 nitrogen and oxygen atoms in total. The number of ether oxygens (including phenoxy) is 2. The number of benzene rings is 3. The summed E-state index contributed by atoms with van der Waals surface area (Å²) in [5.41, 5.74) is 4.49. The van der Waals surface area contributed by atoms with Crippen LogP contribution in [0, 0.1) is 13.8 Å². The number of methoxy groups -OCH3 is 2.